The van der Waals surface area contributed by atoms with Gasteiger partial charge >= 0.3 is 0 Å². The molecular formula is C29H28N4O. The van der Waals surface area contributed by atoms with Crippen molar-refractivity contribution in [3.63, 3.8) is 0 Å². The summed E-state index contributed by atoms with van der Waals surface area (Å²) in [5.74, 6) is 0.280. The first-order valence-electron chi connectivity index (χ1n) is 12.1. The van der Waals surface area contributed by atoms with Gasteiger partial charge in [-0.2, -0.15) is 5.26 Å². The fourth-order valence-electron chi connectivity index (χ4n) is 6.74. The number of nitriles is 1. The van der Waals surface area contributed by atoms with Gasteiger partial charge in [-0.1, -0.05) is 42.0 Å². The lowest BCUT2D eigenvalue weighted by Crippen LogP contribution is -2.49. The maximum absolute atomic E-state index is 14.1. The van der Waals surface area contributed by atoms with E-state index in [4.69, 9.17) is 10.7 Å². The summed E-state index contributed by atoms with van der Waals surface area (Å²) in [7, 11) is 1.74. The van der Waals surface area contributed by atoms with Crippen LogP contribution in [0.2, 0.25) is 0 Å². The van der Waals surface area contributed by atoms with Crippen LogP contribution in [-0.4, -0.2) is 23.8 Å². The fourth-order valence-corrected chi connectivity index (χ4v) is 6.74. The van der Waals surface area contributed by atoms with Crippen LogP contribution in [0.4, 0.5) is 0 Å². The number of benzene rings is 2. The zero-order chi connectivity index (χ0) is 23.5. The predicted molar refractivity (Wildman–Crippen MR) is 133 cm³/mol. The molecule has 170 valence electrons. The Labute approximate surface area is 200 Å². The van der Waals surface area contributed by atoms with Gasteiger partial charge in [-0.3, -0.25) is 9.69 Å². The van der Waals surface area contributed by atoms with E-state index >= 15 is 0 Å². The molecule has 2 spiro atoms. The summed E-state index contributed by atoms with van der Waals surface area (Å²) in [5.41, 5.74) is 12.7. The average molecular weight is 449 g/mol. The molecule has 0 saturated carbocycles. The van der Waals surface area contributed by atoms with Gasteiger partial charge in [0.05, 0.1) is 11.6 Å². The maximum atomic E-state index is 14.1. The van der Waals surface area contributed by atoms with E-state index in [-0.39, 0.29) is 11.3 Å². The SMILES string of the molecule is CN1C(=O)C2(N=C1N)c1cc(-c3cccc(C#N)c3)ccc1CC21CCCC2=C(C=CCC2)C1. The molecule has 2 atom stereocenters. The summed E-state index contributed by atoms with van der Waals surface area (Å²) in [6.45, 7) is 0. The van der Waals surface area contributed by atoms with Gasteiger partial charge in [-0.25, -0.2) is 4.99 Å². The Kier molecular flexibility index (Phi) is 4.57. The highest BCUT2D eigenvalue weighted by Crippen LogP contribution is 2.62. The third-order valence-corrected chi connectivity index (χ3v) is 8.41. The molecule has 4 aliphatic rings. The lowest BCUT2D eigenvalue weighted by Gasteiger charge is -2.41. The molecule has 2 N–H and O–H groups in total. The normalized spacial score (nSPS) is 27.6. The zero-order valence-electron chi connectivity index (χ0n) is 19.5. The van der Waals surface area contributed by atoms with E-state index in [0.29, 0.717) is 11.5 Å². The molecule has 5 heteroatoms. The Morgan fingerprint density at radius 1 is 1.12 bits per heavy atom. The minimum absolute atomic E-state index is 0.0180. The van der Waals surface area contributed by atoms with Crippen LogP contribution in [-0.2, 0) is 16.8 Å². The number of rotatable bonds is 1. The van der Waals surface area contributed by atoms with Crippen LogP contribution in [0.3, 0.4) is 0 Å². The van der Waals surface area contributed by atoms with Crippen LogP contribution in [0.5, 0.6) is 0 Å². The lowest BCUT2D eigenvalue weighted by molar-refractivity contribution is -0.135. The number of nitrogens with two attached hydrogens (primary N) is 1. The first kappa shape index (κ1) is 20.9. The first-order chi connectivity index (χ1) is 16.5. The Morgan fingerprint density at radius 3 is 2.76 bits per heavy atom. The molecule has 2 aromatic carbocycles. The largest absolute Gasteiger partial charge is 0.369 e. The Hall–Kier alpha value is -3.65. The highest BCUT2D eigenvalue weighted by Gasteiger charge is 2.65. The Balaban J connectivity index is 1.55. The van der Waals surface area contributed by atoms with Crippen molar-refractivity contribution in [2.24, 2.45) is 16.1 Å². The summed E-state index contributed by atoms with van der Waals surface area (Å²) in [5, 5.41) is 9.37. The zero-order valence-corrected chi connectivity index (χ0v) is 19.5. The van der Waals surface area contributed by atoms with Crippen molar-refractivity contribution in [2.75, 3.05) is 7.05 Å². The summed E-state index contributed by atoms with van der Waals surface area (Å²) in [4.78, 5) is 20.6. The van der Waals surface area contributed by atoms with Crippen LogP contribution in [0.25, 0.3) is 11.1 Å². The molecule has 0 bridgehead atoms. The van der Waals surface area contributed by atoms with E-state index in [1.165, 1.54) is 16.0 Å². The van der Waals surface area contributed by atoms with E-state index in [9.17, 15) is 10.1 Å². The van der Waals surface area contributed by atoms with Gasteiger partial charge in [-0.15, -0.1) is 0 Å². The van der Waals surface area contributed by atoms with Gasteiger partial charge < -0.3 is 5.73 Å². The minimum Gasteiger partial charge on any atom is -0.369 e. The third kappa shape index (κ3) is 2.78. The van der Waals surface area contributed by atoms with Crippen molar-refractivity contribution in [3.05, 3.63) is 82.5 Å². The molecule has 1 aliphatic heterocycles. The number of likely N-dealkylation sites (N-methyl/N-ethyl adjacent to an activating group) is 1. The number of guanidine groups is 1. The quantitative estimate of drug-likeness (QED) is 0.669. The second kappa shape index (κ2) is 7.43. The average Bonchev–Trinajstić information content (AvgIpc) is 3.15. The molecule has 6 rings (SSSR count). The van der Waals surface area contributed by atoms with Crippen LogP contribution in [0.1, 0.15) is 55.2 Å². The van der Waals surface area contributed by atoms with Crippen molar-refractivity contribution in [1.82, 2.24) is 4.90 Å². The van der Waals surface area contributed by atoms with Crippen molar-refractivity contribution >= 4 is 11.9 Å². The van der Waals surface area contributed by atoms with Gasteiger partial charge in [-0.05, 0) is 91.0 Å². The van der Waals surface area contributed by atoms with Gasteiger partial charge in [0.2, 0.25) is 0 Å². The lowest BCUT2D eigenvalue weighted by atomic mass is 9.64. The van der Waals surface area contributed by atoms with Crippen LogP contribution >= 0.6 is 0 Å². The van der Waals surface area contributed by atoms with Crippen molar-refractivity contribution in [3.8, 4) is 17.2 Å². The van der Waals surface area contributed by atoms with E-state index in [0.717, 1.165) is 61.6 Å². The number of aliphatic imine (C=N–C) groups is 1. The van der Waals surface area contributed by atoms with E-state index in [1.54, 1.807) is 12.6 Å². The Morgan fingerprint density at radius 2 is 1.97 bits per heavy atom. The van der Waals surface area contributed by atoms with Crippen molar-refractivity contribution in [1.29, 1.82) is 5.26 Å². The third-order valence-electron chi connectivity index (χ3n) is 8.41. The number of allylic oxidation sites excluding steroid dienone is 4. The molecule has 1 amide bonds. The predicted octanol–water partition coefficient (Wildman–Crippen LogP) is 4.97. The van der Waals surface area contributed by atoms with Crippen molar-refractivity contribution < 1.29 is 4.79 Å². The maximum Gasteiger partial charge on any atom is 0.262 e. The monoisotopic (exact) mass is 448 g/mol. The van der Waals surface area contributed by atoms with E-state index in [1.807, 2.05) is 24.3 Å². The minimum atomic E-state index is -1.00. The molecule has 34 heavy (non-hydrogen) atoms. The second-order valence-electron chi connectivity index (χ2n) is 10.2. The number of nitrogens with zero attached hydrogens (tertiary/aromatic N) is 3. The van der Waals surface area contributed by atoms with Gasteiger partial charge in [0.15, 0.2) is 11.5 Å². The molecule has 0 saturated heterocycles. The highest BCUT2D eigenvalue weighted by atomic mass is 16.2. The molecule has 0 fully saturated rings. The number of hydrogen-bond donors (Lipinski definition) is 1. The molecule has 2 aromatic rings. The molecule has 0 aromatic heterocycles. The molecule has 5 nitrogen and oxygen atoms in total. The summed E-state index contributed by atoms with van der Waals surface area (Å²) in [6, 6.07) is 16.2. The number of amides is 1. The van der Waals surface area contributed by atoms with E-state index < -0.39 is 5.54 Å². The topological polar surface area (TPSA) is 82.5 Å². The Bertz CT molecular complexity index is 1360. The van der Waals surface area contributed by atoms with Crippen LogP contribution in [0.15, 0.2) is 70.8 Å². The van der Waals surface area contributed by atoms with E-state index in [2.05, 4.69) is 36.4 Å². The van der Waals surface area contributed by atoms with Gasteiger partial charge in [0.1, 0.15) is 0 Å². The molecule has 0 radical (unpaired) electrons. The number of carbonyl (C=O) groups is 1. The molecular weight excluding hydrogens is 420 g/mol. The van der Waals surface area contributed by atoms with Gasteiger partial charge in [0, 0.05) is 12.5 Å². The van der Waals surface area contributed by atoms with Crippen LogP contribution < -0.4 is 5.73 Å². The molecule has 3 aliphatic carbocycles. The summed E-state index contributed by atoms with van der Waals surface area (Å²) < 4.78 is 0. The molecule has 1 heterocycles. The second-order valence-corrected chi connectivity index (χ2v) is 10.2. The molecule has 2 unspecified atom stereocenters. The van der Waals surface area contributed by atoms with Gasteiger partial charge in [0.25, 0.3) is 5.91 Å². The number of hydrogen-bond acceptors (Lipinski definition) is 4. The number of carbonyl (C=O) groups excluding carboxylic acids is 1. The standard InChI is InChI=1S/C29H28N4O/c1-33-26(34)29(32-27(33)31)25-15-22(21-9-4-6-19(14-21)18-30)11-12-24(25)17-28(29)13-5-10-20-7-2-3-8-23(20)16-28/h3-4,6,8-9,11-12,14-15H,2,5,7,10,13,16-17H2,1H3,(H2,31,32). The first-order valence-corrected chi connectivity index (χ1v) is 12.1. The van der Waals surface area contributed by atoms with Crippen LogP contribution in [0, 0.1) is 16.7 Å². The summed E-state index contributed by atoms with van der Waals surface area (Å²) in [6.07, 6.45) is 11.6. The number of fused-ring (bicyclic) bond motifs is 3. The highest BCUT2D eigenvalue weighted by molar-refractivity contribution is 6.08. The smallest absolute Gasteiger partial charge is 0.262 e. The summed E-state index contributed by atoms with van der Waals surface area (Å²) >= 11 is 0. The fraction of sp³-hybridized carbons (Fsp3) is 0.345. The van der Waals surface area contributed by atoms with Crippen molar-refractivity contribution in [2.45, 2.75) is 50.5 Å².